The molecule has 0 heterocycles. The highest BCUT2D eigenvalue weighted by Crippen LogP contribution is 2.39. The van der Waals surface area contributed by atoms with Crippen LogP contribution in [0, 0.1) is 0 Å². The summed E-state index contributed by atoms with van der Waals surface area (Å²) in [4.78, 5) is 2.80. The van der Waals surface area contributed by atoms with E-state index in [1.807, 2.05) is 30.3 Å². The average molecular weight is 313 g/mol. The van der Waals surface area contributed by atoms with Crippen molar-refractivity contribution in [3.05, 3.63) is 42.0 Å². The number of ether oxygens (including phenoxy) is 1. The Bertz CT molecular complexity index is 555. The summed E-state index contributed by atoms with van der Waals surface area (Å²) >= 11 is 17.4. The van der Waals surface area contributed by atoms with Gasteiger partial charge in [0.1, 0.15) is 12.4 Å². The van der Waals surface area contributed by atoms with Crippen LogP contribution in [0.25, 0.3) is 0 Å². The predicted octanol–water partition coefficient (Wildman–Crippen LogP) is 4.42. The predicted molar refractivity (Wildman–Crippen MR) is 86.2 cm³/mol. The molecule has 0 aromatic heterocycles. The van der Waals surface area contributed by atoms with Gasteiger partial charge < -0.3 is 4.74 Å². The lowest BCUT2D eigenvalue weighted by atomic mass is 10.2. The zero-order valence-corrected chi connectivity index (χ0v) is 12.9. The third-order valence-electron chi connectivity index (χ3n) is 2.41. The molecule has 0 saturated carbocycles. The normalized spacial score (nSPS) is 10.4. The van der Waals surface area contributed by atoms with Crippen LogP contribution < -0.4 is 4.74 Å². The molecule has 0 aliphatic heterocycles. The quantitative estimate of drug-likeness (QED) is 0.614. The van der Waals surface area contributed by atoms with Crippen LogP contribution in [0.15, 0.2) is 56.0 Å². The van der Waals surface area contributed by atoms with E-state index in [-0.39, 0.29) is 0 Å². The highest BCUT2D eigenvalue weighted by atomic mass is 32.1. The Labute approximate surface area is 129 Å². The van der Waals surface area contributed by atoms with Crippen molar-refractivity contribution in [3.63, 3.8) is 0 Å². The van der Waals surface area contributed by atoms with E-state index < -0.39 is 0 Å². The highest BCUT2D eigenvalue weighted by molar-refractivity contribution is 7.85. The molecule has 0 aliphatic rings. The molecule has 94 valence electrons. The van der Waals surface area contributed by atoms with Crippen LogP contribution in [-0.4, -0.2) is 0 Å². The molecule has 0 saturated heterocycles. The molecule has 1 nitrogen and oxygen atoms in total. The van der Waals surface area contributed by atoms with Crippen LogP contribution in [0.3, 0.4) is 0 Å². The molecule has 0 radical (unpaired) electrons. The second-order valence-electron chi connectivity index (χ2n) is 3.72. The zero-order valence-electron chi connectivity index (χ0n) is 9.37. The lowest BCUT2D eigenvalue weighted by Gasteiger charge is -2.14. The van der Waals surface area contributed by atoms with Crippen molar-refractivity contribution in [1.29, 1.82) is 0 Å². The molecule has 0 fully saturated rings. The van der Waals surface area contributed by atoms with Crippen molar-refractivity contribution in [2.75, 3.05) is 0 Å². The summed E-state index contributed by atoms with van der Waals surface area (Å²) in [5, 5.41) is 0. The van der Waals surface area contributed by atoms with Crippen molar-refractivity contribution in [1.82, 2.24) is 0 Å². The Balaban J connectivity index is 2.22. The number of hydrogen-bond acceptors (Lipinski definition) is 5. The minimum atomic E-state index is 0.473. The van der Waals surface area contributed by atoms with Gasteiger partial charge >= 0.3 is 0 Å². The Hall–Kier alpha value is -0.360. The molecule has 0 aliphatic carbocycles. The van der Waals surface area contributed by atoms with Crippen LogP contribution in [0.1, 0.15) is 5.56 Å². The maximum Gasteiger partial charge on any atom is 0.147 e. The van der Waals surface area contributed by atoms with Crippen molar-refractivity contribution in [3.8, 4) is 5.75 Å². The summed E-state index contributed by atoms with van der Waals surface area (Å²) < 4.78 is 5.75. The molecule has 0 spiro atoms. The molecule has 18 heavy (non-hydrogen) atoms. The molecule has 0 atom stereocenters. The Morgan fingerprint density at radius 3 is 2.17 bits per heavy atom. The van der Waals surface area contributed by atoms with E-state index in [0.29, 0.717) is 27.0 Å². The van der Waals surface area contributed by atoms with Crippen molar-refractivity contribution < 1.29 is 4.74 Å². The van der Waals surface area contributed by atoms with Gasteiger partial charge in [-0.1, -0.05) is 30.3 Å². The molecule has 0 unspecified atom stereocenters. The second kappa shape index (κ2) is 6.19. The van der Waals surface area contributed by atoms with Crippen molar-refractivity contribution in [2.24, 2.45) is 0 Å². The molecular formula is C13H12OS4. The summed E-state index contributed by atoms with van der Waals surface area (Å²) in [7, 11) is 0. The van der Waals surface area contributed by atoms with Gasteiger partial charge in [0, 0.05) is 14.7 Å². The highest BCUT2D eigenvalue weighted by Gasteiger charge is 2.11. The van der Waals surface area contributed by atoms with E-state index in [0.717, 1.165) is 10.5 Å². The number of benzene rings is 2. The van der Waals surface area contributed by atoms with Crippen molar-refractivity contribution >= 4 is 50.5 Å². The third kappa shape index (κ3) is 3.15. The van der Waals surface area contributed by atoms with Crippen LogP contribution in [0.5, 0.6) is 5.75 Å². The SMILES string of the molecule is Sc1cc(S)c(OCc2ccccc2)c(S)c1S. The Morgan fingerprint density at radius 1 is 0.833 bits per heavy atom. The summed E-state index contributed by atoms with van der Waals surface area (Å²) in [5.41, 5.74) is 1.09. The lowest BCUT2D eigenvalue weighted by Crippen LogP contribution is -1.97. The first-order valence-electron chi connectivity index (χ1n) is 5.23. The summed E-state index contributed by atoms with van der Waals surface area (Å²) in [6, 6.07) is 11.7. The molecule has 2 aromatic carbocycles. The van der Waals surface area contributed by atoms with E-state index in [1.165, 1.54) is 0 Å². The number of thiol groups is 4. The zero-order chi connectivity index (χ0) is 13.1. The Kier molecular flexibility index (Phi) is 4.84. The monoisotopic (exact) mass is 312 g/mol. The van der Waals surface area contributed by atoms with Gasteiger partial charge in [-0.15, -0.1) is 50.5 Å². The fourth-order valence-corrected chi connectivity index (χ4v) is 2.78. The molecule has 0 amide bonds. The average Bonchev–Trinajstić information content (AvgIpc) is 2.37. The van der Waals surface area contributed by atoms with Gasteiger partial charge in [-0.05, 0) is 11.6 Å². The maximum atomic E-state index is 5.75. The summed E-state index contributed by atoms with van der Waals surface area (Å²) in [5.74, 6) is 0.633. The van der Waals surface area contributed by atoms with Gasteiger partial charge in [0.2, 0.25) is 0 Å². The van der Waals surface area contributed by atoms with Gasteiger partial charge in [-0.3, -0.25) is 0 Å². The minimum Gasteiger partial charge on any atom is -0.487 e. The van der Waals surface area contributed by atoms with Crippen molar-refractivity contribution in [2.45, 2.75) is 26.2 Å². The van der Waals surface area contributed by atoms with E-state index in [9.17, 15) is 0 Å². The summed E-state index contributed by atoms with van der Waals surface area (Å²) in [6.45, 7) is 0.473. The minimum absolute atomic E-state index is 0.473. The van der Waals surface area contributed by atoms with E-state index >= 15 is 0 Å². The molecule has 0 N–H and O–H groups in total. The van der Waals surface area contributed by atoms with E-state index in [4.69, 9.17) is 4.74 Å². The van der Waals surface area contributed by atoms with Gasteiger partial charge in [-0.2, -0.15) is 0 Å². The van der Waals surface area contributed by atoms with Crippen LogP contribution >= 0.6 is 50.5 Å². The van der Waals surface area contributed by atoms with Gasteiger partial charge in [0.25, 0.3) is 0 Å². The van der Waals surface area contributed by atoms with Gasteiger partial charge in [-0.25, -0.2) is 0 Å². The number of rotatable bonds is 3. The molecule has 0 bridgehead atoms. The molecule has 5 heteroatoms. The first-order valence-corrected chi connectivity index (χ1v) is 7.02. The van der Waals surface area contributed by atoms with Crippen LogP contribution in [0.2, 0.25) is 0 Å². The van der Waals surface area contributed by atoms with Crippen LogP contribution in [0.4, 0.5) is 0 Å². The topological polar surface area (TPSA) is 9.23 Å². The lowest BCUT2D eigenvalue weighted by molar-refractivity contribution is 0.289. The van der Waals surface area contributed by atoms with E-state index in [2.05, 4.69) is 50.5 Å². The van der Waals surface area contributed by atoms with Gasteiger partial charge in [0.15, 0.2) is 0 Å². The second-order valence-corrected chi connectivity index (χ2v) is 5.57. The maximum absolute atomic E-state index is 5.75. The smallest absolute Gasteiger partial charge is 0.147 e. The standard InChI is InChI=1S/C13H12OS4/c15-9-6-10(16)12(17)13(18)11(9)14-7-8-4-2-1-3-5-8/h1-6,15-18H,7H2. The largest absolute Gasteiger partial charge is 0.487 e. The number of hydrogen-bond donors (Lipinski definition) is 4. The summed E-state index contributed by atoms with van der Waals surface area (Å²) in [6.07, 6.45) is 0. The fourth-order valence-electron chi connectivity index (χ4n) is 1.49. The first-order chi connectivity index (χ1) is 8.59. The van der Waals surface area contributed by atoms with Gasteiger partial charge in [0.05, 0.1) is 4.90 Å². The molecule has 2 rings (SSSR count). The first kappa shape index (κ1) is 14.1. The Morgan fingerprint density at radius 2 is 1.50 bits per heavy atom. The van der Waals surface area contributed by atoms with Crippen LogP contribution in [-0.2, 0) is 6.61 Å². The third-order valence-corrected chi connectivity index (χ3v) is 4.34. The van der Waals surface area contributed by atoms with E-state index in [1.54, 1.807) is 6.07 Å². The fraction of sp³-hybridized carbons (Fsp3) is 0.0769. The molecule has 2 aromatic rings. The molecular weight excluding hydrogens is 300 g/mol.